The first-order chi connectivity index (χ1) is 8.04. The highest BCUT2D eigenvalue weighted by molar-refractivity contribution is 5.54. The number of nitriles is 1. The summed E-state index contributed by atoms with van der Waals surface area (Å²) in [6.45, 7) is 8.06. The van der Waals surface area contributed by atoms with E-state index in [-0.39, 0.29) is 5.54 Å². The van der Waals surface area contributed by atoms with Crippen LogP contribution in [0.5, 0.6) is 0 Å². The molecule has 1 aliphatic rings. The Morgan fingerprint density at radius 1 is 1.53 bits per heavy atom. The predicted octanol–water partition coefficient (Wildman–Crippen LogP) is 1.27. The van der Waals surface area contributed by atoms with E-state index < -0.39 is 0 Å². The molecule has 0 N–H and O–H groups in total. The van der Waals surface area contributed by atoms with Crippen LogP contribution in [0.3, 0.4) is 0 Å². The SMILES string of the molecule is Cc1ncc(C#N)c(N2CCOCC2(C)C)n1. The Morgan fingerprint density at radius 3 is 2.94 bits per heavy atom. The van der Waals surface area contributed by atoms with E-state index in [0.29, 0.717) is 30.4 Å². The first-order valence-corrected chi connectivity index (χ1v) is 5.64. The smallest absolute Gasteiger partial charge is 0.150 e. The fraction of sp³-hybridized carbons (Fsp3) is 0.583. The second-order valence-corrected chi connectivity index (χ2v) is 4.78. The van der Waals surface area contributed by atoms with Crippen molar-refractivity contribution >= 4 is 5.82 Å². The van der Waals surface area contributed by atoms with Crippen molar-refractivity contribution in [3.05, 3.63) is 17.6 Å². The predicted molar refractivity (Wildman–Crippen MR) is 63.7 cm³/mol. The van der Waals surface area contributed by atoms with E-state index in [1.165, 1.54) is 0 Å². The minimum atomic E-state index is -0.148. The van der Waals surface area contributed by atoms with Crippen LogP contribution in [0, 0.1) is 18.3 Å². The average Bonchev–Trinajstić information content (AvgIpc) is 2.28. The van der Waals surface area contributed by atoms with Gasteiger partial charge in [0.2, 0.25) is 0 Å². The lowest BCUT2D eigenvalue weighted by Gasteiger charge is -2.43. The molecule has 5 nitrogen and oxygen atoms in total. The van der Waals surface area contributed by atoms with E-state index in [2.05, 4.69) is 34.8 Å². The van der Waals surface area contributed by atoms with Crippen LogP contribution in [0.2, 0.25) is 0 Å². The lowest BCUT2D eigenvalue weighted by Crippen LogP contribution is -2.53. The van der Waals surface area contributed by atoms with Gasteiger partial charge in [-0.15, -0.1) is 0 Å². The third kappa shape index (κ3) is 2.22. The number of nitrogens with zero attached hydrogens (tertiary/aromatic N) is 4. The molecule has 0 amide bonds. The Balaban J connectivity index is 2.45. The molecule has 0 bridgehead atoms. The third-order valence-corrected chi connectivity index (χ3v) is 2.91. The van der Waals surface area contributed by atoms with Gasteiger partial charge in [0.25, 0.3) is 0 Å². The number of hydrogen-bond donors (Lipinski definition) is 0. The molecule has 2 rings (SSSR count). The van der Waals surface area contributed by atoms with Crippen LogP contribution in [0.15, 0.2) is 6.20 Å². The van der Waals surface area contributed by atoms with Gasteiger partial charge in [0, 0.05) is 6.54 Å². The van der Waals surface area contributed by atoms with Crippen molar-refractivity contribution in [1.82, 2.24) is 9.97 Å². The third-order valence-electron chi connectivity index (χ3n) is 2.91. The zero-order chi connectivity index (χ0) is 12.5. The van der Waals surface area contributed by atoms with Gasteiger partial charge in [0.15, 0.2) is 5.82 Å². The molecule has 0 saturated carbocycles. The Labute approximate surface area is 101 Å². The minimum Gasteiger partial charge on any atom is -0.377 e. The van der Waals surface area contributed by atoms with Gasteiger partial charge in [-0.2, -0.15) is 5.26 Å². The maximum absolute atomic E-state index is 9.12. The summed E-state index contributed by atoms with van der Waals surface area (Å²) in [7, 11) is 0. The molecule has 0 radical (unpaired) electrons. The van der Waals surface area contributed by atoms with Gasteiger partial charge in [0.05, 0.1) is 24.9 Å². The van der Waals surface area contributed by atoms with E-state index in [1.54, 1.807) is 6.20 Å². The second-order valence-electron chi connectivity index (χ2n) is 4.78. The van der Waals surface area contributed by atoms with Crippen molar-refractivity contribution < 1.29 is 4.74 Å². The number of anilines is 1. The summed E-state index contributed by atoms with van der Waals surface area (Å²) in [6.07, 6.45) is 1.59. The zero-order valence-electron chi connectivity index (χ0n) is 10.4. The van der Waals surface area contributed by atoms with Crippen LogP contribution >= 0.6 is 0 Å². The monoisotopic (exact) mass is 232 g/mol. The Bertz CT molecular complexity index is 464. The highest BCUT2D eigenvalue weighted by Crippen LogP contribution is 2.27. The van der Waals surface area contributed by atoms with Crippen LogP contribution in [0.4, 0.5) is 5.82 Å². The Kier molecular flexibility index (Phi) is 2.99. The van der Waals surface area contributed by atoms with E-state index in [1.807, 2.05) is 6.92 Å². The number of aryl methyl sites for hydroxylation is 1. The highest BCUT2D eigenvalue weighted by atomic mass is 16.5. The molecule has 0 atom stereocenters. The van der Waals surface area contributed by atoms with Crippen molar-refractivity contribution in [2.75, 3.05) is 24.7 Å². The summed E-state index contributed by atoms with van der Waals surface area (Å²) in [6, 6.07) is 2.15. The van der Waals surface area contributed by atoms with Crippen LogP contribution in [0.25, 0.3) is 0 Å². The maximum Gasteiger partial charge on any atom is 0.150 e. The van der Waals surface area contributed by atoms with Gasteiger partial charge >= 0.3 is 0 Å². The van der Waals surface area contributed by atoms with Crippen LogP contribution in [-0.2, 0) is 4.74 Å². The molecule has 1 aromatic heterocycles. The standard InChI is InChI=1S/C12H16N4O/c1-9-14-7-10(6-13)11(15-9)16-4-5-17-8-12(16,2)3/h7H,4-5,8H2,1-3H3. The zero-order valence-corrected chi connectivity index (χ0v) is 10.4. The fourth-order valence-corrected chi connectivity index (χ4v) is 1.99. The molecule has 1 saturated heterocycles. The first-order valence-electron chi connectivity index (χ1n) is 5.64. The van der Waals surface area contributed by atoms with Gasteiger partial charge in [-0.3, -0.25) is 0 Å². The number of aromatic nitrogens is 2. The van der Waals surface area contributed by atoms with Crippen molar-refractivity contribution in [3.63, 3.8) is 0 Å². The van der Waals surface area contributed by atoms with Crippen molar-refractivity contribution in [2.45, 2.75) is 26.3 Å². The van der Waals surface area contributed by atoms with Gasteiger partial charge in [0.1, 0.15) is 17.5 Å². The molecular weight excluding hydrogens is 216 g/mol. The largest absolute Gasteiger partial charge is 0.377 e. The Morgan fingerprint density at radius 2 is 2.29 bits per heavy atom. The van der Waals surface area contributed by atoms with Crippen LogP contribution in [-0.4, -0.2) is 35.3 Å². The van der Waals surface area contributed by atoms with Gasteiger partial charge in [-0.05, 0) is 20.8 Å². The summed E-state index contributed by atoms with van der Waals surface area (Å²) in [5.41, 5.74) is 0.371. The molecule has 1 aromatic rings. The van der Waals surface area contributed by atoms with Gasteiger partial charge in [-0.1, -0.05) is 0 Å². The van der Waals surface area contributed by atoms with E-state index in [0.717, 1.165) is 6.54 Å². The molecular formula is C12H16N4O. The van der Waals surface area contributed by atoms with Gasteiger partial charge in [-0.25, -0.2) is 9.97 Å². The number of hydrogen-bond acceptors (Lipinski definition) is 5. The molecule has 17 heavy (non-hydrogen) atoms. The molecule has 1 aliphatic heterocycles. The molecule has 0 spiro atoms. The summed E-state index contributed by atoms with van der Waals surface area (Å²) in [5.74, 6) is 1.40. The van der Waals surface area contributed by atoms with E-state index in [9.17, 15) is 0 Å². The first kappa shape index (κ1) is 11.8. The van der Waals surface area contributed by atoms with Crippen molar-refractivity contribution in [3.8, 4) is 6.07 Å². The Hall–Kier alpha value is -1.67. The normalized spacial score (nSPS) is 18.8. The average molecular weight is 232 g/mol. The second kappa shape index (κ2) is 4.30. The van der Waals surface area contributed by atoms with E-state index >= 15 is 0 Å². The topological polar surface area (TPSA) is 62.0 Å². The maximum atomic E-state index is 9.12. The quantitative estimate of drug-likeness (QED) is 0.729. The molecule has 90 valence electrons. The lowest BCUT2D eigenvalue weighted by atomic mass is 10.0. The molecule has 0 aromatic carbocycles. The van der Waals surface area contributed by atoms with Crippen LogP contribution in [0.1, 0.15) is 25.2 Å². The molecule has 2 heterocycles. The summed E-state index contributed by atoms with van der Waals surface area (Å²) in [5, 5.41) is 9.12. The van der Waals surface area contributed by atoms with Crippen LogP contribution < -0.4 is 4.90 Å². The molecule has 5 heteroatoms. The molecule has 0 aliphatic carbocycles. The molecule has 0 unspecified atom stereocenters. The van der Waals surface area contributed by atoms with Crippen molar-refractivity contribution in [1.29, 1.82) is 5.26 Å². The molecule has 1 fully saturated rings. The number of ether oxygens (including phenoxy) is 1. The van der Waals surface area contributed by atoms with Gasteiger partial charge < -0.3 is 9.64 Å². The van der Waals surface area contributed by atoms with E-state index in [4.69, 9.17) is 10.00 Å². The summed E-state index contributed by atoms with van der Waals surface area (Å²) in [4.78, 5) is 10.6. The fourth-order valence-electron chi connectivity index (χ4n) is 1.99. The minimum absolute atomic E-state index is 0.148. The highest BCUT2D eigenvalue weighted by Gasteiger charge is 2.33. The number of morpholine rings is 1. The number of rotatable bonds is 1. The lowest BCUT2D eigenvalue weighted by molar-refractivity contribution is 0.0638. The van der Waals surface area contributed by atoms with Crippen molar-refractivity contribution in [2.24, 2.45) is 0 Å². The summed E-state index contributed by atoms with van der Waals surface area (Å²) < 4.78 is 5.47. The summed E-state index contributed by atoms with van der Waals surface area (Å²) >= 11 is 0.